The van der Waals surface area contributed by atoms with Gasteiger partial charge in [-0.15, -0.1) is 0 Å². The molecule has 0 bridgehead atoms. The lowest BCUT2D eigenvalue weighted by molar-refractivity contribution is 0.413. The van der Waals surface area contributed by atoms with Gasteiger partial charge in [-0.05, 0) is 31.5 Å². The van der Waals surface area contributed by atoms with E-state index in [0.29, 0.717) is 22.4 Å². The summed E-state index contributed by atoms with van der Waals surface area (Å²) in [7, 11) is 1.49. The molecule has 2 aromatic rings. The van der Waals surface area contributed by atoms with E-state index in [-0.39, 0.29) is 17.7 Å². The minimum absolute atomic E-state index is 0.188. The van der Waals surface area contributed by atoms with Crippen LogP contribution < -0.4 is 15.9 Å². The molecule has 21 heavy (non-hydrogen) atoms. The first-order valence-corrected chi connectivity index (χ1v) is 6.35. The molecule has 1 aromatic carbocycles. The number of aromatic nitrogens is 2. The van der Waals surface area contributed by atoms with Crippen molar-refractivity contribution in [3.8, 4) is 11.8 Å². The van der Waals surface area contributed by atoms with Gasteiger partial charge in [-0.25, -0.2) is 4.68 Å². The second kappa shape index (κ2) is 5.67. The Labute approximate surface area is 121 Å². The standard InChI is InChI=1S/C15H15N3O3/c1-9-10(2)15(20)18(17-14(9)19)8-11-4-5-13(21-3)12(6-11)7-16/h4-6H,8H2,1-3H3,(H,17,19). The van der Waals surface area contributed by atoms with Gasteiger partial charge in [0.15, 0.2) is 0 Å². The van der Waals surface area contributed by atoms with Crippen LogP contribution in [0.5, 0.6) is 5.75 Å². The zero-order chi connectivity index (χ0) is 15.6. The average molecular weight is 285 g/mol. The third-order valence-corrected chi connectivity index (χ3v) is 3.43. The Kier molecular flexibility index (Phi) is 3.94. The molecule has 0 saturated carbocycles. The Morgan fingerprint density at radius 2 is 2.00 bits per heavy atom. The minimum atomic E-state index is -0.291. The lowest BCUT2D eigenvalue weighted by atomic mass is 10.1. The predicted octanol–water partition coefficient (Wildman–Crippen LogP) is 1.08. The van der Waals surface area contributed by atoms with Crippen molar-refractivity contribution < 1.29 is 4.74 Å². The van der Waals surface area contributed by atoms with Crippen molar-refractivity contribution in [3.63, 3.8) is 0 Å². The van der Waals surface area contributed by atoms with Crippen LogP contribution in [0.15, 0.2) is 27.8 Å². The molecule has 0 unspecified atom stereocenters. The molecule has 0 spiro atoms. The maximum Gasteiger partial charge on any atom is 0.268 e. The van der Waals surface area contributed by atoms with Gasteiger partial charge >= 0.3 is 0 Å². The smallest absolute Gasteiger partial charge is 0.268 e. The fourth-order valence-corrected chi connectivity index (χ4v) is 2.03. The van der Waals surface area contributed by atoms with Crippen LogP contribution in [0.2, 0.25) is 0 Å². The van der Waals surface area contributed by atoms with Crippen molar-refractivity contribution in [2.75, 3.05) is 7.11 Å². The maximum atomic E-state index is 12.1. The lowest BCUT2D eigenvalue weighted by Gasteiger charge is -2.09. The summed E-state index contributed by atoms with van der Waals surface area (Å²) in [6.45, 7) is 3.42. The molecule has 6 nitrogen and oxygen atoms in total. The number of nitriles is 1. The fourth-order valence-electron chi connectivity index (χ4n) is 2.03. The Morgan fingerprint density at radius 1 is 1.29 bits per heavy atom. The van der Waals surface area contributed by atoms with Gasteiger partial charge in [-0.3, -0.25) is 14.7 Å². The van der Waals surface area contributed by atoms with E-state index in [9.17, 15) is 9.59 Å². The summed E-state index contributed by atoms with van der Waals surface area (Å²) in [6.07, 6.45) is 0. The van der Waals surface area contributed by atoms with Gasteiger partial charge in [-0.2, -0.15) is 5.26 Å². The number of ether oxygens (including phenoxy) is 1. The first-order chi connectivity index (χ1) is 9.97. The van der Waals surface area contributed by atoms with Gasteiger partial charge in [0, 0.05) is 11.1 Å². The Bertz CT molecular complexity index is 841. The van der Waals surface area contributed by atoms with Crippen LogP contribution in [-0.2, 0) is 6.54 Å². The largest absolute Gasteiger partial charge is 0.495 e. The number of hydrogen-bond acceptors (Lipinski definition) is 4. The lowest BCUT2D eigenvalue weighted by Crippen LogP contribution is -2.33. The van der Waals surface area contributed by atoms with Gasteiger partial charge in [0.2, 0.25) is 0 Å². The van der Waals surface area contributed by atoms with Crippen LogP contribution in [0, 0.1) is 25.2 Å². The number of aromatic amines is 1. The molecule has 0 saturated heterocycles. The van der Waals surface area contributed by atoms with Crippen LogP contribution in [0.1, 0.15) is 22.3 Å². The number of nitrogens with one attached hydrogen (secondary N) is 1. The van der Waals surface area contributed by atoms with Crippen LogP contribution in [-0.4, -0.2) is 16.9 Å². The van der Waals surface area contributed by atoms with Crippen LogP contribution in [0.3, 0.4) is 0 Å². The van der Waals surface area contributed by atoms with Gasteiger partial charge in [-0.1, -0.05) is 6.07 Å². The molecule has 0 aliphatic rings. The zero-order valence-corrected chi connectivity index (χ0v) is 12.1. The number of hydrogen-bond donors (Lipinski definition) is 1. The number of methoxy groups -OCH3 is 1. The van der Waals surface area contributed by atoms with Crippen molar-refractivity contribution in [2.45, 2.75) is 20.4 Å². The zero-order valence-electron chi connectivity index (χ0n) is 12.1. The van der Waals surface area contributed by atoms with Crippen molar-refractivity contribution in [3.05, 3.63) is 61.2 Å². The van der Waals surface area contributed by atoms with E-state index in [1.807, 2.05) is 6.07 Å². The number of rotatable bonds is 3. The predicted molar refractivity (Wildman–Crippen MR) is 77.6 cm³/mol. The molecule has 0 aliphatic carbocycles. The molecule has 1 N–H and O–H groups in total. The van der Waals surface area contributed by atoms with Gasteiger partial charge in [0.25, 0.3) is 11.1 Å². The van der Waals surface area contributed by atoms with E-state index >= 15 is 0 Å². The van der Waals surface area contributed by atoms with Gasteiger partial charge in [0.05, 0.1) is 19.2 Å². The monoisotopic (exact) mass is 285 g/mol. The minimum Gasteiger partial charge on any atom is -0.495 e. The molecular formula is C15H15N3O3. The third-order valence-electron chi connectivity index (χ3n) is 3.43. The van der Waals surface area contributed by atoms with Crippen LogP contribution in [0.4, 0.5) is 0 Å². The van der Waals surface area contributed by atoms with E-state index in [0.717, 1.165) is 5.56 Å². The highest BCUT2D eigenvalue weighted by Crippen LogP contribution is 2.18. The molecule has 1 aromatic heterocycles. The van der Waals surface area contributed by atoms with Crippen molar-refractivity contribution >= 4 is 0 Å². The SMILES string of the molecule is COc1ccc(Cn2[nH]c(=O)c(C)c(C)c2=O)cc1C#N. The quantitative estimate of drug-likeness (QED) is 0.914. The van der Waals surface area contributed by atoms with Gasteiger partial charge < -0.3 is 4.74 Å². The van der Waals surface area contributed by atoms with Crippen LogP contribution in [0.25, 0.3) is 0 Å². The molecule has 6 heteroatoms. The van der Waals surface area contributed by atoms with Crippen molar-refractivity contribution in [1.82, 2.24) is 9.78 Å². The number of nitrogens with zero attached hydrogens (tertiary/aromatic N) is 2. The maximum absolute atomic E-state index is 12.1. The summed E-state index contributed by atoms with van der Waals surface area (Å²) in [5, 5.41) is 11.6. The van der Waals surface area contributed by atoms with Gasteiger partial charge in [0.1, 0.15) is 11.8 Å². The Hall–Kier alpha value is -2.81. The average Bonchev–Trinajstić information content (AvgIpc) is 2.50. The summed E-state index contributed by atoms with van der Waals surface area (Å²) < 4.78 is 6.31. The summed E-state index contributed by atoms with van der Waals surface area (Å²) in [5.41, 5.74) is 1.42. The van der Waals surface area contributed by atoms with E-state index in [1.54, 1.807) is 32.0 Å². The normalized spacial score (nSPS) is 10.2. The molecule has 108 valence electrons. The van der Waals surface area contributed by atoms with Crippen molar-refractivity contribution in [2.24, 2.45) is 0 Å². The van der Waals surface area contributed by atoms with E-state index in [2.05, 4.69) is 5.10 Å². The number of H-pyrrole nitrogens is 1. The molecule has 0 fully saturated rings. The highest BCUT2D eigenvalue weighted by molar-refractivity contribution is 5.45. The molecule has 0 atom stereocenters. The van der Waals surface area contributed by atoms with Crippen LogP contribution >= 0.6 is 0 Å². The van der Waals surface area contributed by atoms with E-state index < -0.39 is 0 Å². The second-order valence-electron chi connectivity index (χ2n) is 4.73. The molecule has 2 rings (SSSR count). The van der Waals surface area contributed by atoms with E-state index in [4.69, 9.17) is 10.00 Å². The fraction of sp³-hybridized carbons (Fsp3) is 0.267. The summed E-state index contributed by atoms with van der Waals surface area (Å²) >= 11 is 0. The number of benzene rings is 1. The molecular weight excluding hydrogens is 270 g/mol. The molecule has 1 heterocycles. The summed E-state index contributed by atoms with van der Waals surface area (Å²) in [4.78, 5) is 23.9. The second-order valence-corrected chi connectivity index (χ2v) is 4.73. The first-order valence-electron chi connectivity index (χ1n) is 6.35. The molecule has 0 radical (unpaired) electrons. The summed E-state index contributed by atoms with van der Waals surface area (Å²) in [5.74, 6) is 0.474. The Morgan fingerprint density at radius 3 is 2.62 bits per heavy atom. The highest BCUT2D eigenvalue weighted by Gasteiger charge is 2.09. The first kappa shape index (κ1) is 14.6. The highest BCUT2D eigenvalue weighted by atomic mass is 16.5. The topological polar surface area (TPSA) is 87.9 Å². The van der Waals surface area contributed by atoms with Crippen molar-refractivity contribution in [1.29, 1.82) is 5.26 Å². The third kappa shape index (κ3) is 2.72. The van der Waals surface area contributed by atoms with E-state index in [1.165, 1.54) is 11.8 Å². The summed E-state index contributed by atoms with van der Waals surface area (Å²) in [6, 6.07) is 7.09. The molecule has 0 amide bonds. The molecule has 0 aliphatic heterocycles. The Balaban J connectivity index is 2.47.